The van der Waals surface area contributed by atoms with Crippen LogP contribution >= 0.6 is 0 Å². The molecule has 0 saturated carbocycles. The summed E-state index contributed by atoms with van der Waals surface area (Å²) in [4.78, 5) is 55.7. The molecule has 3 heterocycles. The van der Waals surface area contributed by atoms with E-state index in [1.165, 1.54) is 7.05 Å². The van der Waals surface area contributed by atoms with Crippen molar-refractivity contribution in [2.75, 3.05) is 20.1 Å². The van der Waals surface area contributed by atoms with Crippen LogP contribution in [0.25, 0.3) is 10.9 Å². The monoisotopic (exact) mass is 396 g/mol. The zero-order valence-corrected chi connectivity index (χ0v) is 16.6. The number of aromatic amines is 1. The normalized spacial score (nSPS) is 18.6. The first-order valence-corrected chi connectivity index (χ1v) is 9.81. The molecule has 1 aromatic heterocycles. The molecule has 2 saturated heterocycles. The number of likely N-dealkylation sites (tertiary alicyclic amines) is 1. The number of carbonyl (C=O) groups excluding carboxylic acids is 3. The number of aryl methyl sites for hydroxylation is 1. The molecule has 0 radical (unpaired) electrons. The summed E-state index contributed by atoms with van der Waals surface area (Å²) < 4.78 is 0. The van der Waals surface area contributed by atoms with Gasteiger partial charge in [-0.15, -0.1) is 0 Å². The topological polar surface area (TPSA) is 103 Å². The van der Waals surface area contributed by atoms with E-state index in [4.69, 9.17) is 0 Å². The first kappa shape index (κ1) is 19.2. The summed E-state index contributed by atoms with van der Waals surface area (Å²) in [5, 5.41) is 3.40. The van der Waals surface area contributed by atoms with E-state index >= 15 is 0 Å². The lowest BCUT2D eigenvalue weighted by atomic mass is 9.87. The van der Waals surface area contributed by atoms with Crippen LogP contribution in [0.5, 0.6) is 0 Å². The van der Waals surface area contributed by atoms with E-state index in [0.717, 1.165) is 16.1 Å². The van der Waals surface area contributed by atoms with Gasteiger partial charge in [0, 0.05) is 48.7 Å². The number of hydrogen-bond acceptors (Lipinski definition) is 4. The number of H-pyrrole nitrogens is 1. The molecule has 152 valence electrons. The largest absolute Gasteiger partial charge is 0.358 e. The Morgan fingerprint density at radius 1 is 1.14 bits per heavy atom. The van der Waals surface area contributed by atoms with Crippen LogP contribution in [0.1, 0.15) is 30.5 Å². The molecule has 2 aromatic rings. The van der Waals surface area contributed by atoms with Crippen LogP contribution in [0, 0.1) is 6.92 Å². The van der Waals surface area contributed by atoms with Crippen molar-refractivity contribution >= 4 is 28.7 Å². The highest BCUT2D eigenvalue weighted by molar-refractivity contribution is 6.06. The third-order valence-electron chi connectivity index (χ3n) is 6.14. The highest BCUT2D eigenvalue weighted by Crippen LogP contribution is 2.29. The Labute approximate surface area is 167 Å². The number of likely N-dealkylation sites (N-methyl/N-ethyl adjacent to an activating group) is 1. The van der Waals surface area contributed by atoms with Gasteiger partial charge < -0.3 is 15.2 Å². The average Bonchev–Trinajstić information content (AvgIpc) is 2.92. The van der Waals surface area contributed by atoms with Gasteiger partial charge in [-0.2, -0.15) is 0 Å². The number of rotatable bonds is 3. The number of benzene rings is 1. The van der Waals surface area contributed by atoms with Gasteiger partial charge in [0.2, 0.25) is 5.91 Å². The summed E-state index contributed by atoms with van der Waals surface area (Å²) in [6, 6.07) is 6.96. The highest BCUT2D eigenvalue weighted by Gasteiger charge is 2.51. The Bertz CT molecular complexity index is 1070. The molecule has 29 heavy (non-hydrogen) atoms. The van der Waals surface area contributed by atoms with Crippen molar-refractivity contribution in [1.29, 1.82) is 0 Å². The van der Waals surface area contributed by atoms with E-state index in [0.29, 0.717) is 43.3 Å². The second kappa shape index (κ2) is 7.02. The van der Waals surface area contributed by atoms with Crippen molar-refractivity contribution < 1.29 is 14.4 Å². The maximum Gasteiger partial charge on any atom is 0.324 e. The van der Waals surface area contributed by atoms with Crippen molar-refractivity contribution in [3.63, 3.8) is 0 Å². The number of urea groups is 1. The smallest absolute Gasteiger partial charge is 0.324 e. The molecule has 8 heteroatoms. The maximum atomic E-state index is 12.8. The van der Waals surface area contributed by atoms with Crippen LogP contribution in [0.15, 0.2) is 29.1 Å². The van der Waals surface area contributed by atoms with Gasteiger partial charge in [-0.25, -0.2) is 4.79 Å². The fourth-order valence-corrected chi connectivity index (χ4v) is 4.32. The number of para-hydroxylation sites is 1. The molecule has 4 rings (SSSR count). The number of carbonyl (C=O) groups is 3. The maximum absolute atomic E-state index is 12.8. The summed E-state index contributed by atoms with van der Waals surface area (Å²) in [6.45, 7) is 2.67. The minimum atomic E-state index is -0.880. The number of amides is 4. The first-order valence-electron chi connectivity index (χ1n) is 9.81. The molecular weight excluding hydrogens is 372 g/mol. The van der Waals surface area contributed by atoms with Gasteiger partial charge in [-0.1, -0.05) is 12.1 Å². The third-order valence-corrected chi connectivity index (χ3v) is 6.14. The summed E-state index contributed by atoms with van der Waals surface area (Å²) in [6.07, 6.45) is 1.41. The van der Waals surface area contributed by atoms with E-state index in [9.17, 15) is 19.2 Å². The quantitative estimate of drug-likeness (QED) is 0.764. The molecule has 2 aliphatic rings. The standard InChI is InChI=1S/C21H24N4O4/c1-13-14(18(27)15-5-3-4-6-16(15)22-13)7-8-17(26)25-11-9-21(10-12-25)19(28)24(2)20(29)23-21/h3-6H,7-12H2,1-2H3,(H,22,27)(H,23,29). The number of nitrogens with zero attached hydrogens (tertiary/aromatic N) is 2. The zero-order valence-electron chi connectivity index (χ0n) is 16.6. The lowest BCUT2D eigenvalue weighted by Gasteiger charge is -2.37. The van der Waals surface area contributed by atoms with E-state index < -0.39 is 5.54 Å². The molecule has 4 amide bonds. The number of aromatic nitrogens is 1. The van der Waals surface area contributed by atoms with Crippen molar-refractivity contribution in [2.45, 2.75) is 38.1 Å². The fourth-order valence-electron chi connectivity index (χ4n) is 4.32. The SMILES string of the molecule is Cc1[nH]c2ccccc2c(=O)c1CCC(=O)N1CCC2(CC1)NC(=O)N(C)C2=O. The number of pyridine rings is 1. The lowest BCUT2D eigenvalue weighted by molar-refractivity contribution is -0.138. The van der Waals surface area contributed by atoms with E-state index in [1.807, 2.05) is 25.1 Å². The van der Waals surface area contributed by atoms with Crippen LogP contribution in [0.4, 0.5) is 4.79 Å². The number of imide groups is 1. The molecule has 1 aromatic carbocycles. The van der Waals surface area contributed by atoms with Gasteiger partial charge in [0.05, 0.1) is 0 Å². The average molecular weight is 396 g/mol. The minimum absolute atomic E-state index is 0.0375. The molecule has 1 spiro atoms. The van der Waals surface area contributed by atoms with Crippen LogP contribution in [-0.4, -0.2) is 58.3 Å². The second-order valence-electron chi connectivity index (χ2n) is 7.86. The van der Waals surface area contributed by atoms with Gasteiger partial charge in [0.25, 0.3) is 5.91 Å². The molecule has 2 fully saturated rings. The molecule has 8 nitrogen and oxygen atoms in total. The van der Waals surface area contributed by atoms with Gasteiger partial charge in [0.1, 0.15) is 5.54 Å². The molecule has 0 unspecified atom stereocenters. The Balaban J connectivity index is 1.42. The Kier molecular flexibility index (Phi) is 4.64. The Morgan fingerprint density at radius 3 is 2.48 bits per heavy atom. The molecule has 0 aliphatic carbocycles. The molecule has 2 N–H and O–H groups in total. The van der Waals surface area contributed by atoms with Gasteiger partial charge in [-0.05, 0) is 38.3 Å². The lowest BCUT2D eigenvalue weighted by Crippen LogP contribution is -2.55. The van der Waals surface area contributed by atoms with Crippen LogP contribution < -0.4 is 10.7 Å². The summed E-state index contributed by atoms with van der Waals surface area (Å²) in [5.74, 6) is -0.273. The van der Waals surface area contributed by atoms with Gasteiger partial charge in [0.15, 0.2) is 5.43 Å². The minimum Gasteiger partial charge on any atom is -0.358 e. The number of hydrogen-bond donors (Lipinski definition) is 2. The zero-order chi connectivity index (χ0) is 20.8. The Morgan fingerprint density at radius 2 is 1.83 bits per heavy atom. The van der Waals surface area contributed by atoms with Gasteiger partial charge >= 0.3 is 6.03 Å². The van der Waals surface area contributed by atoms with Crippen LogP contribution in [0.2, 0.25) is 0 Å². The highest BCUT2D eigenvalue weighted by atomic mass is 16.2. The number of piperidine rings is 1. The molecule has 2 aliphatic heterocycles. The predicted molar refractivity (Wildman–Crippen MR) is 107 cm³/mol. The first-order chi connectivity index (χ1) is 13.8. The van der Waals surface area contributed by atoms with Crippen molar-refractivity contribution in [3.05, 3.63) is 45.7 Å². The van der Waals surface area contributed by atoms with Crippen LogP contribution in [0.3, 0.4) is 0 Å². The summed E-state index contributed by atoms with van der Waals surface area (Å²) in [5.41, 5.74) is 1.28. The van der Waals surface area contributed by atoms with Crippen LogP contribution in [-0.2, 0) is 16.0 Å². The third kappa shape index (κ3) is 3.18. The van der Waals surface area contributed by atoms with Crippen molar-refractivity contribution in [3.8, 4) is 0 Å². The fraction of sp³-hybridized carbons (Fsp3) is 0.429. The summed E-state index contributed by atoms with van der Waals surface area (Å²) in [7, 11) is 1.47. The number of fused-ring (bicyclic) bond motifs is 1. The van der Waals surface area contributed by atoms with E-state index in [1.54, 1.807) is 11.0 Å². The van der Waals surface area contributed by atoms with E-state index in [-0.39, 0.29) is 29.7 Å². The van der Waals surface area contributed by atoms with Crippen molar-refractivity contribution in [1.82, 2.24) is 20.1 Å². The molecule has 0 atom stereocenters. The number of nitrogens with one attached hydrogen (secondary N) is 2. The predicted octanol–water partition coefficient (Wildman–Crippen LogP) is 1.31. The molecular formula is C21H24N4O4. The summed E-state index contributed by atoms with van der Waals surface area (Å²) >= 11 is 0. The Hall–Kier alpha value is -3.16. The molecule has 0 bridgehead atoms. The second-order valence-corrected chi connectivity index (χ2v) is 7.86. The van der Waals surface area contributed by atoms with Gasteiger partial charge in [-0.3, -0.25) is 19.3 Å². The van der Waals surface area contributed by atoms with Crippen molar-refractivity contribution in [2.24, 2.45) is 0 Å². The van der Waals surface area contributed by atoms with E-state index in [2.05, 4.69) is 10.3 Å².